The van der Waals surface area contributed by atoms with Crippen molar-refractivity contribution in [3.05, 3.63) is 131 Å². The molecule has 32 heavy (non-hydrogen) atoms. The molecule has 0 aromatic heterocycles. The molecule has 0 spiro atoms. The van der Waals surface area contributed by atoms with E-state index in [1.165, 1.54) is 5.56 Å². The minimum atomic E-state index is -0.847. The molecule has 0 amide bonds. The summed E-state index contributed by atoms with van der Waals surface area (Å²) in [5.41, 5.74) is 4.76. The largest absolute Gasteiger partial charge is 0.204 e. The number of benzene rings is 4. The number of hydrogen-bond acceptors (Lipinski definition) is 0. The number of fused-ring (bicyclic) bond motifs is 1. The van der Waals surface area contributed by atoms with E-state index in [1.54, 1.807) is 24.3 Å². The summed E-state index contributed by atoms with van der Waals surface area (Å²) in [6.45, 7) is 3.75. The van der Waals surface area contributed by atoms with Gasteiger partial charge in [0.25, 0.3) is 0 Å². The smallest absolute Gasteiger partial charge is 0.166 e. The summed E-state index contributed by atoms with van der Waals surface area (Å²) >= 11 is 0. The molecule has 0 atom stereocenters. The van der Waals surface area contributed by atoms with Gasteiger partial charge in [0.1, 0.15) is 0 Å². The van der Waals surface area contributed by atoms with Crippen LogP contribution >= 0.6 is 0 Å². The molecule has 0 aliphatic rings. The normalized spacial score (nSPS) is 10.1. The molecule has 0 fully saturated rings. The lowest BCUT2D eigenvalue weighted by Crippen LogP contribution is -1.86. The van der Waals surface area contributed by atoms with E-state index in [-0.39, 0.29) is 5.39 Å². The zero-order valence-electron chi connectivity index (χ0n) is 17.5. The van der Waals surface area contributed by atoms with Crippen molar-refractivity contribution in [2.75, 3.05) is 0 Å². The summed E-state index contributed by atoms with van der Waals surface area (Å²) in [7, 11) is 0. The first-order chi connectivity index (χ1) is 15.6. The van der Waals surface area contributed by atoms with Gasteiger partial charge in [-0.05, 0) is 78.4 Å². The SMILES string of the molecule is C=CCCc1ccc(C#Cc2ccc(C#Cc3ccc4c(F)c(F)ccc4c3)cc2)cc1. The molecule has 0 aliphatic heterocycles. The molecule has 0 unspecified atom stereocenters. The van der Waals surface area contributed by atoms with Gasteiger partial charge in [-0.2, -0.15) is 0 Å². The van der Waals surface area contributed by atoms with Crippen LogP contribution in [0.4, 0.5) is 8.78 Å². The van der Waals surface area contributed by atoms with E-state index >= 15 is 0 Å². The average molecular weight is 418 g/mol. The summed E-state index contributed by atoms with van der Waals surface area (Å²) in [5, 5.41) is 0.875. The van der Waals surface area contributed by atoms with Crippen molar-refractivity contribution in [1.29, 1.82) is 0 Å². The Labute approximate surface area is 187 Å². The molecule has 4 rings (SSSR count). The predicted molar refractivity (Wildman–Crippen MR) is 127 cm³/mol. The van der Waals surface area contributed by atoms with E-state index in [4.69, 9.17) is 0 Å². The minimum Gasteiger partial charge on any atom is -0.204 e. The van der Waals surface area contributed by atoms with Crippen LogP contribution in [0.1, 0.15) is 34.2 Å². The van der Waals surface area contributed by atoms with Crippen LogP contribution in [0.15, 0.2) is 91.5 Å². The van der Waals surface area contributed by atoms with Crippen molar-refractivity contribution in [3.63, 3.8) is 0 Å². The van der Waals surface area contributed by atoms with Gasteiger partial charge >= 0.3 is 0 Å². The highest BCUT2D eigenvalue weighted by atomic mass is 19.2. The fourth-order valence-electron chi connectivity index (χ4n) is 3.29. The lowest BCUT2D eigenvalue weighted by molar-refractivity contribution is 0.517. The van der Waals surface area contributed by atoms with E-state index < -0.39 is 11.6 Å². The first-order valence-corrected chi connectivity index (χ1v) is 10.3. The number of aryl methyl sites for hydroxylation is 1. The van der Waals surface area contributed by atoms with Crippen LogP contribution < -0.4 is 0 Å². The van der Waals surface area contributed by atoms with Gasteiger partial charge in [-0.15, -0.1) is 6.58 Å². The molecule has 0 saturated heterocycles. The van der Waals surface area contributed by atoms with Gasteiger partial charge in [0.15, 0.2) is 11.6 Å². The fourth-order valence-corrected chi connectivity index (χ4v) is 3.29. The molecule has 154 valence electrons. The van der Waals surface area contributed by atoms with Gasteiger partial charge < -0.3 is 0 Å². The van der Waals surface area contributed by atoms with Gasteiger partial charge in [0, 0.05) is 27.6 Å². The van der Waals surface area contributed by atoms with Gasteiger partial charge in [0.05, 0.1) is 0 Å². The monoisotopic (exact) mass is 418 g/mol. The number of rotatable bonds is 3. The van der Waals surface area contributed by atoms with Crippen molar-refractivity contribution in [3.8, 4) is 23.7 Å². The second kappa shape index (κ2) is 9.78. The van der Waals surface area contributed by atoms with Gasteiger partial charge in [0.2, 0.25) is 0 Å². The maximum Gasteiger partial charge on any atom is 0.166 e. The standard InChI is InChI=1S/C30H20F2/c1-2-3-4-22-5-7-23(8-6-22)9-10-24-11-13-25(14-12-24)15-16-26-17-19-28-27(21-26)18-20-29(31)30(28)32/h2,5-8,11-14,17-21H,1,3-4H2. The van der Waals surface area contributed by atoms with E-state index in [2.05, 4.69) is 42.4 Å². The highest BCUT2D eigenvalue weighted by Crippen LogP contribution is 2.21. The van der Waals surface area contributed by atoms with Crippen molar-refractivity contribution in [1.82, 2.24) is 0 Å². The van der Waals surface area contributed by atoms with Crippen LogP contribution in [0, 0.1) is 35.3 Å². The molecule has 0 nitrogen and oxygen atoms in total. The molecule has 0 radical (unpaired) electrons. The van der Waals surface area contributed by atoms with Crippen molar-refractivity contribution < 1.29 is 8.78 Å². The second-order valence-corrected chi connectivity index (χ2v) is 7.40. The third-order valence-corrected chi connectivity index (χ3v) is 5.09. The van der Waals surface area contributed by atoms with Crippen LogP contribution in [0.5, 0.6) is 0 Å². The number of hydrogen-bond donors (Lipinski definition) is 0. The molecular formula is C30H20F2. The zero-order valence-corrected chi connectivity index (χ0v) is 17.5. The summed E-state index contributed by atoms with van der Waals surface area (Å²) in [4.78, 5) is 0. The highest BCUT2D eigenvalue weighted by molar-refractivity contribution is 5.84. The van der Waals surface area contributed by atoms with Crippen LogP contribution in [0.2, 0.25) is 0 Å². The second-order valence-electron chi connectivity index (χ2n) is 7.40. The van der Waals surface area contributed by atoms with Crippen molar-refractivity contribution in [2.24, 2.45) is 0 Å². The minimum absolute atomic E-state index is 0.255. The first kappa shape index (κ1) is 21.1. The first-order valence-electron chi connectivity index (χ1n) is 10.3. The summed E-state index contributed by atoms with van der Waals surface area (Å²) in [6.07, 6.45) is 3.89. The summed E-state index contributed by atoms with van der Waals surface area (Å²) in [5.74, 6) is 10.9. The molecule has 0 heterocycles. The van der Waals surface area contributed by atoms with Gasteiger partial charge in [-0.25, -0.2) is 8.78 Å². The van der Waals surface area contributed by atoms with Crippen molar-refractivity contribution in [2.45, 2.75) is 12.8 Å². The average Bonchev–Trinajstić information content (AvgIpc) is 2.84. The van der Waals surface area contributed by atoms with Crippen LogP contribution in [0.25, 0.3) is 10.8 Å². The third-order valence-electron chi connectivity index (χ3n) is 5.09. The number of halogens is 2. The summed E-state index contributed by atoms with van der Waals surface area (Å²) in [6, 6.07) is 23.7. The molecule has 0 saturated carbocycles. The maximum absolute atomic E-state index is 13.8. The quantitative estimate of drug-likeness (QED) is 0.247. The highest BCUT2D eigenvalue weighted by Gasteiger charge is 2.06. The Kier molecular flexibility index (Phi) is 6.45. The molecule has 4 aromatic carbocycles. The number of allylic oxidation sites excluding steroid dienone is 1. The molecule has 0 aliphatic carbocycles. The Bertz CT molecular complexity index is 1390. The Balaban J connectivity index is 1.46. The molecule has 4 aromatic rings. The third kappa shape index (κ3) is 5.12. The Morgan fingerprint density at radius 2 is 1.19 bits per heavy atom. The van der Waals surface area contributed by atoms with Crippen LogP contribution in [-0.4, -0.2) is 0 Å². The molecular weight excluding hydrogens is 398 g/mol. The molecule has 0 N–H and O–H groups in total. The van der Waals surface area contributed by atoms with Crippen LogP contribution in [-0.2, 0) is 6.42 Å². The van der Waals surface area contributed by atoms with Gasteiger partial charge in [-0.1, -0.05) is 54.0 Å². The van der Waals surface area contributed by atoms with E-state index in [0.29, 0.717) is 5.39 Å². The maximum atomic E-state index is 13.8. The lowest BCUT2D eigenvalue weighted by Gasteiger charge is -2.01. The molecule has 2 heteroatoms. The zero-order chi connectivity index (χ0) is 22.3. The van der Waals surface area contributed by atoms with E-state index in [0.717, 1.165) is 41.2 Å². The Morgan fingerprint density at radius 1 is 0.656 bits per heavy atom. The topological polar surface area (TPSA) is 0 Å². The Hall–Kier alpha value is -4.14. The van der Waals surface area contributed by atoms with Gasteiger partial charge in [-0.3, -0.25) is 0 Å². The summed E-state index contributed by atoms with van der Waals surface area (Å²) < 4.78 is 27.2. The molecule has 0 bridgehead atoms. The predicted octanol–water partition coefficient (Wildman–Crippen LogP) is 7.04. The van der Waals surface area contributed by atoms with E-state index in [9.17, 15) is 8.78 Å². The van der Waals surface area contributed by atoms with Crippen molar-refractivity contribution >= 4 is 10.8 Å². The Morgan fingerprint density at radius 3 is 1.78 bits per heavy atom. The van der Waals surface area contributed by atoms with E-state index in [1.807, 2.05) is 42.5 Å². The van der Waals surface area contributed by atoms with Crippen LogP contribution in [0.3, 0.4) is 0 Å². The fraction of sp³-hybridized carbons (Fsp3) is 0.0667. The lowest BCUT2D eigenvalue weighted by atomic mass is 10.1.